The van der Waals surface area contributed by atoms with Gasteiger partial charge in [-0.2, -0.15) is 0 Å². The van der Waals surface area contributed by atoms with Crippen LogP contribution in [0.5, 0.6) is 5.75 Å². The average molecular weight is 209 g/mol. The molecule has 0 aromatic heterocycles. The molecule has 2 atom stereocenters. The largest absolute Gasteiger partial charge is 0.489 e. The Morgan fingerprint density at radius 3 is 2.47 bits per heavy atom. The van der Waals surface area contributed by atoms with E-state index >= 15 is 0 Å². The lowest BCUT2D eigenvalue weighted by molar-refractivity contribution is 0.132. The number of ether oxygens (including phenoxy) is 1. The summed E-state index contributed by atoms with van der Waals surface area (Å²) in [6.07, 6.45) is 4.46. The zero-order valence-electron chi connectivity index (χ0n) is 8.66. The van der Waals surface area contributed by atoms with Crippen molar-refractivity contribution in [2.45, 2.75) is 37.8 Å². The van der Waals surface area contributed by atoms with Crippen LogP contribution in [0.4, 0.5) is 4.39 Å². The van der Waals surface area contributed by atoms with Gasteiger partial charge in [0.15, 0.2) is 0 Å². The third-order valence-electron chi connectivity index (χ3n) is 2.85. The van der Waals surface area contributed by atoms with Crippen molar-refractivity contribution in [3.05, 3.63) is 30.1 Å². The monoisotopic (exact) mass is 209 g/mol. The summed E-state index contributed by atoms with van der Waals surface area (Å²) >= 11 is 0. The predicted molar refractivity (Wildman–Crippen MR) is 57.3 cm³/mol. The van der Waals surface area contributed by atoms with Crippen molar-refractivity contribution in [3.8, 4) is 5.75 Å². The van der Waals surface area contributed by atoms with Crippen LogP contribution in [0.3, 0.4) is 0 Å². The zero-order chi connectivity index (χ0) is 10.7. The Kier molecular flexibility index (Phi) is 3.21. The van der Waals surface area contributed by atoms with Gasteiger partial charge in [0, 0.05) is 6.04 Å². The van der Waals surface area contributed by atoms with Crippen molar-refractivity contribution in [3.63, 3.8) is 0 Å². The van der Waals surface area contributed by atoms with E-state index in [0.717, 1.165) is 12.8 Å². The van der Waals surface area contributed by atoms with E-state index in [9.17, 15) is 4.39 Å². The molecule has 82 valence electrons. The summed E-state index contributed by atoms with van der Waals surface area (Å²) < 4.78 is 18.4. The number of hydrogen-bond donors (Lipinski definition) is 1. The Hall–Kier alpha value is -1.09. The van der Waals surface area contributed by atoms with Gasteiger partial charge < -0.3 is 10.5 Å². The van der Waals surface area contributed by atoms with E-state index < -0.39 is 0 Å². The predicted octanol–water partition coefficient (Wildman–Crippen LogP) is 2.47. The van der Waals surface area contributed by atoms with Crippen LogP contribution in [0.15, 0.2) is 24.3 Å². The fourth-order valence-electron chi connectivity index (χ4n) is 1.96. The lowest BCUT2D eigenvalue weighted by atomic mass is 9.93. The van der Waals surface area contributed by atoms with Crippen LogP contribution < -0.4 is 10.5 Å². The summed E-state index contributed by atoms with van der Waals surface area (Å²) in [5.74, 6) is 0.467. The third-order valence-corrected chi connectivity index (χ3v) is 2.85. The first-order valence-corrected chi connectivity index (χ1v) is 5.43. The van der Waals surface area contributed by atoms with Crippen LogP contribution >= 0.6 is 0 Å². The standard InChI is InChI=1S/C12H16FNO/c13-9-5-7-10(8-6-9)15-12-4-2-1-3-11(12)14/h5-8,11-12H,1-4,14H2/t11-,12+/m1/s1. The van der Waals surface area contributed by atoms with Crippen molar-refractivity contribution >= 4 is 0 Å². The van der Waals surface area contributed by atoms with Crippen molar-refractivity contribution in [2.24, 2.45) is 5.73 Å². The molecule has 1 aromatic rings. The fraction of sp³-hybridized carbons (Fsp3) is 0.500. The maximum absolute atomic E-state index is 12.7. The highest BCUT2D eigenvalue weighted by molar-refractivity contribution is 5.22. The third kappa shape index (κ3) is 2.69. The van der Waals surface area contributed by atoms with Crippen LogP contribution in [-0.4, -0.2) is 12.1 Å². The molecule has 1 aliphatic carbocycles. The van der Waals surface area contributed by atoms with Gasteiger partial charge in [0.1, 0.15) is 17.7 Å². The highest BCUT2D eigenvalue weighted by atomic mass is 19.1. The minimum Gasteiger partial charge on any atom is -0.489 e. The van der Waals surface area contributed by atoms with E-state index in [1.54, 1.807) is 12.1 Å². The molecule has 1 fully saturated rings. The molecule has 1 aromatic carbocycles. The first-order valence-electron chi connectivity index (χ1n) is 5.43. The van der Waals surface area contributed by atoms with Gasteiger partial charge in [-0.15, -0.1) is 0 Å². The molecule has 2 rings (SSSR count). The second-order valence-electron chi connectivity index (χ2n) is 4.06. The molecule has 15 heavy (non-hydrogen) atoms. The van der Waals surface area contributed by atoms with Crippen molar-refractivity contribution in [1.82, 2.24) is 0 Å². The summed E-state index contributed by atoms with van der Waals surface area (Å²) in [6.45, 7) is 0. The van der Waals surface area contributed by atoms with Gasteiger partial charge in [-0.1, -0.05) is 6.42 Å². The second kappa shape index (κ2) is 4.62. The topological polar surface area (TPSA) is 35.2 Å². The molecule has 0 unspecified atom stereocenters. The summed E-state index contributed by atoms with van der Waals surface area (Å²) in [7, 11) is 0. The Labute approximate surface area is 89.2 Å². The Morgan fingerprint density at radius 2 is 1.80 bits per heavy atom. The summed E-state index contributed by atoms with van der Waals surface area (Å²) in [6, 6.07) is 6.23. The highest BCUT2D eigenvalue weighted by Crippen LogP contribution is 2.22. The van der Waals surface area contributed by atoms with Crippen molar-refractivity contribution in [2.75, 3.05) is 0 Å². The number of nitrogens with two attached hydrogens (primary N) is 1. The number of hydrogen-bond acceptors (Lipinski definition) is 2. The van der Waals surface area contributed by atoms with Gasteiger partial charge in [0.2, 0.25) is 0 Å². The molecule has 0 bridgehead atoms. The first kappa shape index (κ1) is 10.4. The molecule has 2 N–H and O–H groups in total. The Morgan fingerprint density at radius 1 is 1.13 bits per heavy atom. The van der Waals surface area contributed by atoms with E-state index in [1.807, 2.05) is 0 Å². The molecular formula is C12H16FNO. The molecule has 1 saturated carbocycles. The number of rotatable bonds is 2. The van der Waals surface area contributed by atoms with Gasteiger partial charge in [-0.25, -0.2) is 4.39 Å². The van der Waals surface area contributed by atoms with Crippen LogP contribution in [0.1, 0.15) is 25.7 Å². The Balaban J connectivity index is 1.98. The van der Waals surface area contributed by atoms with Crippen LogP contribution in [-0.2, 0) is 0 Å². The molecule has 0 aliphatic heterocycles. The number of benzene rings is 1. The second-order valence-corrected chi connectivity index (χ2v) is 4.06. The normalized spacial score (nSPS) is 26.3. The van der Waals surface area contributed by atoms with Gasteiger partial charge in [0.05, 0.1) is 0 Å². The van der Waals surface area contributed by atoms with E-state index in [0.29, 0.717) is 5.75 Å². The maximum atomic E-state index is 12.7. The molecule has 3 heteroatoms. The molecule has 1 aliphatic rings. The smallest absolute Gasteiger partial charge is 0.123 e. The van der Waals surface area contributed by atoms with Gasteiger partial charge in [0.25, 0.3) is 0 Å². The highest BCUT2D eigenvalue weighted by Gasteiger charge is 2.23. The Bertz CT molecular complexity index is 312. The minimum absolute atomic E-state index is 0.0872. The van der Waals surface area contributed by atoms with E-state index in [1.165, 1.54) is 25.0 Å². The summed E-state index contributed by atoms with van der Waals surface area (Å²) in [4.78, 5) is 0. The molecule has 0 amide bonds. The fourth-order valence-corrected chi connectivity index (χ4v) is 1.96. The summed E-state index contributed by atoms with van der Waals surface area (Å²) in [5, 5.41) is 0. The van der Waals surface area contributed by atoms with Crippen LogP contribution in [0, 0.1) is 5.82 Å². The SMILES string of the molecule is N[C@@H]1CCCC[C@@H]1Oc1ccc(F)cc1. The van der Waals surface area contributed by atoms with Gasteiger partial charge in [-0.3, -0.25) is 0 Å². The van der Waals surface area contributed by atoms with E-state index in [2.05, 4.69) is 0 Å². The molecule has 2 nitrogen and oxygen atoms in total. The summed E-state index contributed by atoms with van der Waals surface area (Å²) in [5.41, 5.74) is 5.96. The van der Waals surface area contributed by atoms with Crippen molar-refractivity contribution in [1.29, 1.82) is 0 Å². The maximum Gasteiger partial charge on any atom is 0.123 e. The zero-order valence-corrected chi connectivity index (χ0v) is 8.66. The average Bonchev–Trinajstić information content (AvgIpc) is 2.25. The van der Waals surface area contributed by atoms with E-state index in [-0.39, 0.29) is 18.0 Å². The van der Waals surface area contributed by atoms with Crippen LogP contribution in [0.25, 0.3) is 0 Å². The lowest BCUT2D eigenvalue weighted by Crippen LogP contribution is -2.41. The lowest BCUT2D eigenvalue weighted by Gasteiger charge is -2.29. The molecular weight excluding hydrogens is 193 g/mol. The molecule has 0 heterocycles. The minimum atomic E-state index is -0.240. The first-order chi connectivity index (χ1) is 7.25. The molecule has 0 radical (unpaired) electrons. The number of halogens is 1. The van der Waals surface area contributed by atoms with Gasteiger partial charge in [-0.05, 0) is 43.5 Å². The van der Waals surface area contributed by atoms with Gasteiger partial charge >= 0.3 is 0 Å². The molecule has 0 spiro atoms. The molecule has 0 saturated heterocycles. The quantitative estimate of drug-likeness (QED) is 0.812. The van der Waals surface area contributed by atoms with Crippen LogP contribution in [0.2, 0.25) is 0 Å². The van der Waals surface area contributed by atoms with E-state index in [4.69, 9.17) is 10.5 Å². The van der Waals surface area contributed by atoms with Crippen molar-refractivity contribution < 1.29 is 9.13 Å².